The van der Waals surface area contributed by atoms with Gasteiger partial charge < -0.3 is 4.90 Å². The molecule has 0 spiro atoms. The highest BCUT2D eigenvalue weighted by molar-refractivity contribution is 9.10. The van der Waals surface area contributed by atoms with Gasteiger partial charge in [0.05, 0.1) is 5.75 Å². The lowest BCUT2D eigenvalue weighted by Gasteiger charge is -2.28. The Kier molecular flexibility index (Phi) is 4.89. The highest BCUT2D eigenvalue weighted by Crippen LogP contribution is 2.26. The van der Waals surface area contributed by atoms with E-state index in [0.29, 0.717) is 5.75 Å². The number of amides is 1. The molecule has 4 heteroatoms. The minimum atomic E-state index is 0.224. The number of thioether (sulfide) groups is 1. The highest BCUT2D eigenvalue weighted by Gasteiger charge is 2.20. The molecule has 22 heavy (non-hydrogen) atoms. The van der Waals surface area contributed by atoms with E-state index in [9.17, 15) is 4.79 Å². The highest BCUT2D eigenvalue weighted by atomic mass is 79.9. The Hall–Kier alpha value is -1.26. The molecule has 1 aliphatic rings. The van der Waals surface area contributed by atoms with Crippen LogP contribution in [0.4, 0.5) is 0 Å². The van der Waals surface area contributed by atoms with Crippen LogP contribution in [-0.4, -0.2) is 23.1 Å². The van der Waals surface area contributed by atoms with Crippen molar-refractivity contribution < 1.29 is 4.79 Å². The number of hydrogen-bond donors (Lipinski definition) is 0. The minimum Gasteiger partial charge on any atom is -0.337 e. The number of hydrogen-bond acceptors (Lipinski definition) is 2. The summed E-state index contributed by atoms with van der Waals surface area (Å²) in [7, 11) is 0. The van der Waals surface area contributed by atoms with Crippen LogP contribution in [0.5, 0.6) is 0 Å². The van der Waals surface area contributed by atoms with Crippen LogP contribution in [0.25, 0.3) is 0 Å². The van der Waals surface area contributed by atoms with Crippen molar-refractivity contribution in [3.05, 3.63) is 63.6 Å². The Bertz CT molecular complexity index is 701. The predicted molar refractivity (Wildman–Crippen MR) is 95.2 cm³/mol. The Morgan fingerprint density at radius 1 is 1.23 bits per heavy atom. The molecule has 0 aromatic heterocycles. The number of aryl methyl sites for hydroxylation is 1. The fraction of sp³-hybridized carbons (Fsp3) is 0.278. The van der Waals surface area contributed by atoms with Crippen LogP contribution in [0.1, 0.15) is 16.7 Å². The SMILES string of the molecule is Cc1cc(Br)ccc1SCC(=O)N1CCc2ccccc2C1. The van der Waals surface area contributed by atoms with Gasteiger partial charge in [0.25, 0.3) is 0 Å². The lowest BCUT2D eigenvalue weighted by atomic mass is 10.00. The molecule has 1 heterocycles. The summed E-state index contributed by atoms with van der Waals surface area (Å²) in [6.07, 6.45) is 0.962. The molecule has 0 unspecified atom stereocenters. The maximum Gasteiger partial charge on any atom is 0.233 e. The first kappa shape index (κ1) is 15.6. The Balaban J connectivity index is 1.61. The molecule has 0 radical (unpaired) electrons. The third-order valence-corrected chi connectivity index (χ3v) is 5.63. The Morgan fingerprint density at radius 2 is 2.00 bits per heavy atom. The van der Waals surface area contributed by atoms with Crippen LogP contribution in [0.15, 0.2) is 51.8 Å². The van der Waals surface area contributed by atoms with Gasteiger partial charge in [-0.2, -0.15) is 0 Å². The minimum absolute atomic E-state index is 0.224. The van der Waals surface area contributed by atoms with E-state index in [4.69, 9.17) is 0 Å². The molecule has 0 aliphatic carbocycles. The number of rotatable bonds is 3. The molecule has 1 aliphatic heterocycles. The average Bonchev–Trinajstić information content (AvgIpc) is 2.53. The second-order valence-corrected chi connectivity index (χ2v) is 7.47. The van der Waals surface area contributed by atoms with Crippen molar-refractivity contribution in [2.45, 2.75) is 24.8 Å². The van der Waals surface area contributed by atoms with E-state index in [1.165, 1.54) is 21.6 Å². The molecule has 3 rings (SSSR count). The second kappa shape index (κ2) is 6.88. The quantitative estimate of drug-likeness (QED) is 0.739. The van der Waals surface area contributed by atoms with Crippen LogP contribution >= 0.6 is 27.7 Å². The van der Waals surface area contributed by atoms with Crippen molar-refractivity contribution in [1.29, 1.82) is 0 Å². The third kappa shape index (κ3) is 3.55. The number of benzene rings is 2. The van der Waals surface area contributed by atoms with E-state index in [0.717, 1.165) is 24.0 Å². The first-order chi connectivity index (χ1) is 10.6. The molecule has 2 aromatic rings. The molecule has 114 valence electrons. The number of nitrogens with zero attached hydrogens (tertiary/aromatic N) is 1. The predicted octanol–water partition coefficient (Wildman–Crippen LogP) is 4.43. The van der Waals surface area contributed by atoms with Gasteiger partial charge in [-0.25, -0.2) is 0 Å². The first-order valence-electron chi connectivity index (χ1n) is 7.37. The van der Waals surface area contributed by atoms with Crippen LogP contribution in [0.3, 0.4) is 0 Å². The lowest BCUT2D eigenvalue weighted by Crippen LogP contribution is -2.37. The monoisotopic (exact) mass is 375 g/mol. The van der Waals surface area contributed by atoms with Crippen LogP contribution in [-0.2, 0) is 17.8 Å². The number of carbonyl (C=O) groups is 1. The van der Waals surface area contributed by atoms with Crippen LogP contribution in [0, 0.1) is 6.92 Å². The van der Waals surface area contributed by atoms with Gasteiger partial charge in [0, 0.05) is 22.5 Å². The van der Waals surface area contributed by atoms with Gasteiger partial charge in [-0.15, -0.1) is 11.8 Å². The molecule has 0 saturated carbocycles. The lowest BCUT2D eigenvalue weighted by molar-refractivity contribution is -0.129. The first-order valence-corrected chi connectivity index (χ1v) is 9.15. The molecule has 0 bridgehead atoms. The van der Waals surface area contributed by atoms with Crippen molar-refractivity contribution >= 4 is 33.6 Å². The molecule has 0 saturated heterocycles. The molecule has 2 aromatic carbocycles. The zero-order valence-corrected chi connectivity index (χ0v) is 14.9. The molecular formula is C18H18BrNOS. The van der Waals surface area contributed by atoms with Gasteiger partial charge in [-0.05, 0) is 48.2 Å². The van der Waals surface area contributed by atoms with Crippen LogP contribution < -0.4 is 0 Å². The molecule has 0 N–H and O–H groups in total. The number of halogens is 1. The summed E-state index contributed by atoms with van der Waals surface area (Å²) in [6, 6.07) is 14.6. The summed E-state index contributed by atoms with van der Waals surface area (Å²) in [4.78, 5) is 15.6. The van der Waals surface area contributed by atoms with E-state index in [2.05, 4.69) is 53.2 Å². The summed E-state index contributed by atoms with van der Waals surface area (Å²) in [6.45, 7) is 3.65. The maximum atomic E-state index is 12.5. The summed E-state index contributed by atoms with van der Waals surface area (Å²) in [5, 5.41) is 0. The zero-order valence-electron chi connectivity index (χ0n) is 12.5. The topological polar surface area (TPSA) is 20.3 Å². The normalized spacial score (nSPS) is 13.8. The average molecular weight is 376 g/mol. The van der Waals surface area contributed by atoms with Crippen molar-refractivity contribution in [1.82, 2.24) is 4.90 Å². The maximum absolute atomic E-state index is 12.5. The van der Waals surface area contributed by atoms with Crippen molar-refractivity contribution in [3.63, 3.8) is 0 Å². The third-order valence-electron chi connectivity index (χ3n) is 3.97. The summed E-state index contributed by atoms with van der Waals surface area (Å²) in [5.41, 5.74) is 3.87. The standard InChI is InChI=1S/C18H18BrNOS/c1-13-10-16(19)6-7-17(13)22-12-18(21)20-9-8-14-4-2-3-5-15(14)11-20/h2-7,10H,8-9,11-12H2,1H3. The van der Waals surface area contributed by atoms with E-state index in [1.807, 2.05) is 17.0 Å². The summed E-state index contributed by atoms with van der Waals surface area (Å²) in [5.74, 6) is 0.729. The van der Waals surface area contributed by atoms with Gasteiger partial charge in [0.2, 0.25) is 5.91 Å². The number of carbonyl (C=O) groups excluding carboxylic acids is 1. The van der Waals surface area contributed by atoms with E-state index in [1.54, 1.807) is 11.8 Å². The van der Waals surface area contributed by atoms with Gasteiger partial charge in [0.15, 0.2) is 0 Å². The fourth-order valence-electron chi connectivity index (χ4n) is 2.71. The zero-order chi connectivity index (χ0) is 15.5. The van der Waals surface area contributed by atoms with Gasteiger partial charge >= 0.3 is 0 Å². The Labute approximate surface area is 144 Å². The van der Waals surface area contributed by atoms with Gasteiger partial charge in [-0.3, -0.25) is 4.79 Å². The van der Waals surface area contributed by atoms with Crippen LogP contribution in [0.2, 0.25) is 0 Å². The van der Waals surface area contributed by atoms with E-state index < -0.39 is 0 Å². The number of fused-ring (bicyclic) bond motifs is 1. The van der Waals surface area contributed by atoms with Gasteiger partial charge in [-0.1, -0.05) is 40.2 Å². The van der Waals surface area contributed by atoms with E-state index >= 15 is 0 Å². The molecule has 1 amide bonds. The molecule has 0 fully saturated rings. The second-order valence-electron chi connectivity index (χ2n) is 5.53. The Morgan fingerprint density at radius 3 is 2.77 bits per heavy atom. The molecule has 0 atom stereocenters. The fourth-order valence-corrected chi connectivity index (χ4v) is 4.10. The largest absolute Gasteiger partial charge is 0.337 e. The van der Waals surface area contributed by atoms with Crippen molar-refractivity contribution in [2.75, 3.05) is 12.3 Å². The molecule has 2 nitrogen and oxygen atoms in total. The van der Waals surface area contributed by atoms with Crippen molar-refractivity contribution in [2.24, 2.45) is 0 Å². The molecular weight excluding hydrogens is 358 g/mol. The smallest absolute Gasteiger partial charge is 0.233 e. The summed E-state index contributed by atoms with van der Waals surface area (Å²) >= 11 is 5.10. The van der Waals surface area contributed by atoms with Crippen molar-refractivity contribution in [3.8, 4) is 0 Å². The van der Waals surface area contributed by atoms with Gasteiger partial charge in [0.1, 0.15) is 0 Å². The van der Waals surface area contributed by atoms with E-state index in [-0.39, 0.29) is 5.91 Å². The summed E-state index contributed by atoms with van der Waals surface area (Å²) < 4.78 is 1.08.